The molecule has 0 saturated heterocycles. The Morgan fingerprint density at radius 1 is 1.10 bits per heavy atom. The lowest BCUT2D eigenvalue weighted by Gasteiger charge is -2.25. The van der Waals surface area contributed by atoms with E-state index in [9.17, 15) is 13.2 Å². The van der Waals surface area contributed by atoms with E-state index < -0.39 is 12.1 Å². The molecule has 1 atom stereocenters. The fraction of sp³-hybridized carbons (Fsp3) is 0.478. The molecular formula is C23H29F3N2O. The fourth-order valence-corrected chi connectivity index (χ4v) is 3.88. The highest BCUT2D eigenvalue weighted by molar-refractivity contribution is 5.65. The number of ether oxygens (including phenoxy) is 1. The zero-order valence-electron chi connectivity index (χ0n) is 17.5. The molecule has 0 amide bonds. The number of fused-ring (bicyclic) bond motifs is 1. The van der Waals surface area contributed by atoms with Gasteiger partial charge in [0, 0.05) is 31.5 Å². The maximum Gasteiger partial charge on any atom is 0.394 e. The molecular weight excluding hydrogens is 377 g/mol. The van der Waals surface area contributed by atoms with Crippen LogP contribution < -0.4 is 15.0 Å². The van der Waals surface area contributed by atoms with Gasteiger partial charge in [0.25, 0.3) is 0 Å². The number of halogens is 3. The zero-order valence-corrected chi connectivity index (χ0v) is 17.5. The summed E-state index contributed by atoms with van der Waals surface area (Å²) in [6.07, 6.45) is -2.35. The van der Waals surface area contributed by atoms with Gasteiger partial charge in [-0.2, -0.15) is 13.2 Å². The van der Waals surface area contributed by atoms with Gasteiger partial charge in [-0.05, 0) is 73.2 Å². The third kappa shape index (κ3) is 4.98. The van der Waals surface area contributed by atoms with E-state index in [-0.39, 0.29) is 6.61 Å². The summed E-state index contributed by atoms with van der Waals surface area (Å²) in [6.45, 7) is 6.73. The van der Waals surface area contributed by atoms with Crippen molar-refractivity contribution in [3.63, 3.8) is 0 Å². The van der Waals surface area contributed by atoms with Gasteiger partial charge in [-0.3, -0.25) is 0 Å². The zero-order chi connectivity index (χ0) is 21.2. The predicted molar refractivity (Wildman–Crippen MR) is 112 cm³/mol. The summed E-state index contributed by atoms with van der Waals surface area (Å²) in [6, 6.07) is 10.1. The maximum atomic E-state index is 12.7. The van der Waals surface area contributed by atoms with Gasteiger partial charge in [-0.1, -0.05) is 13.0 Å². The number of hydrogen-bond acceptors (Lipinski definition) is 3. The van der Waals surface area contributed by atoms with Crippen LogP contribution in [0.5, 0.6) is 5.75 Å². The molecule has 0 spiro atoms. The number of rotatable bonds is 5. The van der Waals surface area contributed by atoms with Crippen LogP contribution in [-0.2, 0) is 13.0 Å². The van der Waals surface area contributed by atoms with Crippen LogP contribution in [0.1, 0.15) is 35.6 Å². The quantitative estimate of drug-likeness (QED) is 0.672. The second-order valence-corrected chi connectivity index (χ2v) is 7.91. The third-order valence-corrected chi connectivity index (χ3v) is 5.60. The monoisotopic (exact) mass is 406 g/mol. The Balaban J connectivity index is 1.76. The standard InChI is InChI=1S/C23H29F3N2O/c1-15-10-20(11-16(2)22(15)27-4)28-9-5-6-18-12-21(8-7-19(18)13-28)29-14-17(3)23(24,25)26/h7-8,10-12,17,27H,5-6,9,13-14H2,1-4H3. The first kappa shape index (κ1) is 21.3. The van der Waals surface area contributed by atoms with Crippen molar-refractivity contribution in [1.29, 1.82) is 0 Å². The lowest BCUT2D eigenvalue weighted by molar-refractivity contribution is -0.176. The van der Waals surface area contributed by atoms with Crippen molar-refractivity contribution in [1.82, 2.24) is 0 Å². The molecule has 3 rings (SSSR count). The minimum atomic E-state index is -4.23. The average Bonchev–Trinajstić information content (AvgIpc) is 2.87. The van der Waals surface area contributed by atoms with Gasteiger partial charge in [0.15, 0.2) is 0 Å². The SMILES string of the molecule is CNc1c(C)cc(N2CCCc3cc(OCC(C)C(F)(F)F)ccc3C2)cc1C. The minimum Gasteiger partial charge on any atom is -0.493 e. The largest absolute Gasteiger partial charge is 0.493 e. The Bertz CT molecular complexity index is 841. The van der Waals surface area contributed by atoms with Crippen LogP contribution in [0.4, 0.5) is 24.5 Å². The van der Waals surface area contributed by atoms with Crippen LogP contribution >= 0.6 is 0 Å². The Morgan fingerprint density at radius 3 is 2.41 bits per heavy atom. The molecule has 0 fully saturated rings. The van der Waals surface area contributed by atoms with E-state index in [2.05, 4.69) is 36.2 Å². The van der Waals surface area contributed by atoms with E-state index in [0.717, 1.165) is 38.4 Å². The van der Waals surface area contributed by atoms with Crippen molar-refractivity contribution in [2.75, 3.05) is 30.4 Å². The first-order chi connectivity index (χ1) is 13.7. The molecule has 0 radical (unpaired) electrons. The molecule has 6 heteroatoms. The molecule has 0 aliphatic carbocycles. The van der Waals surface area contributed by atoms with Gasteiger partial charge < -0.3 is 15.0 Å². The fourth-order valence-electron chi connectivity index (χ4n) is 3.88. The van der Waals surface area contributed by atoms with E-state index in [1.807, 2.05) is 19.2 Å². The molecule has 1 N–H and O–H groups in total. The molecule has 1 aliphatic rings. The number of nitrogens with zero attached hydrogens (tertiary/aromatic N) is 1. The molecule has 2 aromatic rings. The Hall–Kier alpha value is -2.37. The highest BCUT2D eigenvalue weighted by Gasteiger charge is 2.36. The molecule has 3 nitrogen and oxygen atoms in total. The number of alkyl halides is 3. The number of benzene rings is 2. The molecule has 1 unspecified atom stereocenters. The molecule has 0 aromatic heterocycles. The molecule has 2 aromatic carbocycles. The Labute approximate surface area is 170 Å². The highest BCUT2D eigenvalue weighted by Crippen LogP contribution is 2.32. The first-order valence-electron chi connectivity index (χ1n) is 10.0. The molecule has 29 heavy (non-hydrogen) atoms. The summed E-state index contributed by atoms with van der Waals surface area (Å²) < 4.78 is 43.5. The maximum absolute atomic E-state index is 12.7. The minimum absolute atomic E-state index is 0.356. The number of nitrogens with one attached hydrogen (secondary N) is 1. The van der Waals surface area contributed by atoms with Gasteiger partial charge in [-0.25, -0.2) is 0 Å². The summed E-state index contributed by atoms with van der Waals surface area (Å²) in [5.41, 5.74) is 7.16. The molecule has 0 bridgehead atoms. The van der Waals surface area contributed by atoms with Crippen LogP contribution in [0.25, 0.3) is 0 Å². The van der Waals surface area contributed by atoms with Crippen LogP contribution in [0, 0.1) is 19.8 Å². The first-order valence-corrected chi connectivity index (χ1v) is 10.0. The van der Waals surface area contributed by atoms with Crippen LogP contribution in [0.2, 0.25) is 0 Å². The third-order valence-electron chi connectivity index (χ3n) is 5.60. The van der Waals surface area contributed by atoms with Crippen LogP contribution in [0.15, 0.2) is 30.3 Å². The summed E-state index contributed by atoms with van der Waals surface area (Å²) in [5.74, 6) is -0.970. The summed E-state index contributed by atoms with van der Waals surface area (Å²) in [7, 11) is 1.94. The van der Waals surface area contributed by atoms with Gasteiger partial charge >= 0.3 is 6.18 Å². The second kappa shape index (κ2) is 8.56. The van der Waals surface area contributed by atoms with Crippen molar-refractivity contribution in [3.05, 3.63) is 52.6 Å². The summed E-state index contributed by atoms with van der Waals surface area (Å²) in [5, 5.41) is 3.25. The molecule has 1 aliphatic heterocycles. The Kier molecular flexibility index (Phi) is 6.30. The van der Waals surface area contributed by atoms with E-state index in [4.69, 9.17) is 4.74 Å². The van der Waals surface area contributed by atoms with Gasteiger partial charge in [0.1, 0.15) is 5.75 Å². The molecule has 158 valence electrons. The average molecular weight is 406 g/mol. The van der Waals surface area contributed by atoms with E-state index in [1.165, 1.54) is 28.1 Å². The van der Waals surface area contributed by atoms with E-state index >= 15 is 0 Å². The second-order valence-electron chi connectivity index (χ2n) is 7.91. The smallest absolute Gasteiger partial charge is 0.394 e. The van der Waals surface area contributed by atoms with Crippen molar-refractivity contribution < 1.29 is 17.9 Å². The van der Waals surface area contributed by atoms with Crippen molar-refractivity contribution in [2.24, 2.45) is 5.92 Å². The summed E-state index contributed by atoms with van der Waals surface area (Å²) in [4.78, 5) is 2.37. The van der Waals surface area contributed by atoms with Crippen molar-refractivity contribution in [3.8, 4) is 5.75 Å². The van der Waals surface area contributed by atoms with E-state index in [0.29, 0.717) is 5.75 Å². The predicted octanol–water partition coefficient (Wildman–Crippen LogP) is 5.88. The van der Waals surface area contributed by atoms with Crippen LogP contribution in [-0.4, -0.2) is 26.4 Å². The van der Waals surface area contributed by atoms with Crippen molar-refractivity contribution >= 4 is 11.4 Å². The summed E-state index contributed by atoms with van der Waals surface area (Å²) >= 11 is 0. The number of aryl methyl sites for hydroxylation is 3. The van der Waals surface area contributed by atoms with Crippen molar-refractivity contribution in [2.45, 2.75) is 46.3 Å². The highest BCUT2D eigenvalue weighted by atomic mass is 19.4. The van der Waals surface area contributed by atoms with Gasteiger partial charge in [-0.15, -0.1) is 0 Å². The Morgan fingerprint density at radius 2 is 1.79 bits per heavy atom. The lowest BCUT2D eigenvalue weighted by atomic mass is 10.0. The van der Waals surface area contributed by atoms with E-state index in [1.54, 1.807) is 6.07 Å². The topological polar surface area (TPSA) is 24.5 Å². The molecule has 1 heterocycles. The molecule has 0 saturated carbocycles. The number of hydrogen-bond donors (Lipinski definition) is 1. The van der Waals surface area contributed by atoms with Crippen LogP contribution in [0.3, 0.4) is 0 Å². The number of anilines is 2. The lowest BCUT2D eigenvalue weighted by Crippen LogP contribution is -2.25. The van der Waals surface area contributed by atoms with Gasteiger partial charge in [0.05, 0.1) is 12.5 Å². The normalized spacial score (nSPS) is 15.5. The van der Waals surface area contributed by atoms with Gasteiger partial charge in [0.2, 0.25) is 0 Å².